The van der Waals surface area contributed by atoms with Gasteiger partial charge in [-0.3, -0.25) is 0 Å². The lowest BCUT2D eigenvalue weighted by molar-refractivity contribution is -0.119. The van der Waals surface area contributed by atoms with Crippen LogP contribution in [0.25, 0.3) is 0 Å². The lowest BCUT2D eigenvalue weighted by Gasteiger charge is -2.10. The van der Waals surface area contributed by atoms with E-state index in [4.69, 9.17) is 10.7 Å². The maximum absolute atomic E-state index is 4.75. The summed E-state index contributed by atoms with van der Waals surface area (Å²) >= 11 is 0. The number of nitrogens with two attached hydrogens (primary N) is 1. The minimum atomic E-state index is 0.490. The second kappa shape index (κ2) is 4.99. The highest BCUT2D eigenvalue weighted by Crippen LogP contribution is 1.77. The molecule has 0 aromatic carbocycles. The fourth-order valence-corrected chi connectivity index (χ4v) is 0.273. The van der Waals surface area contributed by atoms with Crippen LogP contribution in [0.3, 0.4) is 0 Å². The van der Waals surface area contributed by atoms with Gasteiger partial charge in [-0.2, -0.15) is 5.06 Å². The van der Waals surface area contributed by atoms with Gasteiger partial charge in [0.15, 0.2) is 0 Å². The van der Waals surface area contributed by atoms with Crippen molar-refractivity contribution in [1.29, 1.82) is 0 Å². The lowest BCUT2D eigenvalue weighted by Crippen LogP contribution is -2.22. The summed E-state index contributed by atoms with van der Waals surface area (Å²) in [5.74, 6) is 4.75. The molecule has 0 spiro atoms. The van der Waals surface area contributed by atoms with Crippen LogP contribution in [0.2, 0.25) is 0 Å². The first-order chi connectivity index (χ1) is 3.81. The number of nitrogens with zero attached hydrogens (tertiary/aromatic N) is 1. The van der Waals surface area contributed by atoms with Gasteiger partial charge >= 0.3 is 0 Å². The Labute approximate surface area is 49.1 Å². The van der Waals surface area contributed by atoms with Crippen LogP contribution in [0.15, 0.2) is 0 Å². The van der Waals surface area contributed by atoms with Gasteiger partial charge in [0.05, 0.1) is 13.7 Å². The maximum atomic E-state index is 4.75. The Bertz CT molecular complexity index is 51.3. The number of rotatable bonds is 4. The lowest BCUT2D eigenvalue weighted by atomic mass is 10.7. The Hall–Kier alpha value is -0.160. The summed E-state index contributed by atoms with van der Waals surface area (Å²) in [6.45, 7) is 1.18. The van der Waals surface area contributed by atoms with E-state index in [0.717, 1.165) is 0 Å². The second-order valence-electron chi connectivity index (χ2n) is 1.40. The minimum Gasteiger partial charge on any atom is -0.303 e. The average molecular weight is 120 g/mol. The second-order valence-corrected chi connectivity index (χ2v) is 1.40. The molecule has 0 saturated heterocycles. The van der Waals surface area contributed by atoms with Gasteiger partial charge in [-0.15, -0.1) is 0 Å². The standard InChI is InChI=1S/C4H12N2O2/c1-6(7-2)3-4-8-5/h3-5H2,1-2H3. The molecule has 4 heteroatoms. The van der Waals surface area contributed by atoms with Crippen molar-refractivity contribution >= 4 is 0 Å². The molecule has 0 aliphatic heterocycles. The number of hydrogen-bond donors (Lipinski definition) is 1. The van der Waals surface area contributed by atoms with Crippen molar-refractivity contribution in [2.75, 3.05) is 27.3 Å². The van der Waals surface area contributed by atoms with E-state index in [9.17, 15) is 0 Å². The molecule has 0 atom stereocenters. The summed E-state index contributed by atoms with van der Waals surface area (Å²) in [6.07, 6.45) is 0. The van der Waals surface area contributed by atoms with Crippen molar-refractivity contribution in [3.8, 4) is 0 Å². The maximum Gasteiger partial charge on any atom is 0.0829 e. The van der Waals surface area contributed by atoms with Gasteiger partial charge < -0.3 is 9.68 Å². The quantitative estimate of drug-likeness (QED) is 0.502. The predicted octanol–water partition coefficient (Wildman–Crippen LogP) is -0.630. The summed E-state index contributed by atoms with van der Waals surface area (Å²) in [6, 6.07) is 0. The van der Waals surface area contributed by atoms with E-state index in [2.05, 4.69) is 4.84 Å². The van der Waals surface area contributed by atoms with Crippen LogP contribution >= 0.6 is 0 Å². The zero-order valence-corrected chi connectivity index (χ0v) is 5.26. The van der Waals surface area contributed by atoms with Crippen molar-refractivity contribution in [1.82, 2.24) is 5.06 Å². The molecule has 4 nitrogen and oxygen atoms in total. The fraction of sp³-hybridized carbons (Fsp3) is 1.00. The first-order valence-corrected chi connectivity index (χ1v) is 2.38. The molecule has 0 amide bonds. The summed E-state index contributed by atoms with van der Waals surface area (Å²) in [7, 11) is 3.40. The zero-order chi connectivity index (χ0) is 6.41. The molecule has 0 radical (unpaired) electrons. The Morgan fingerprint density at radius 3 is 2.62 bits per heavy atom. The highest BCUT2D eigenvalue weighted by Gasteiger charge is 1.90. The summed E-state index contributed by atoms with van der Waals surface area (Å²) in [5.41, 5.74) is 0. The Kier molecular flexibility index (Phi) is 4.89. The van der Waals surface area contributed by atoms with Crippen LogP contribution in [0, 0.1) is 0 Å². The van der Waals surface area contributed by atoms with Gasteiger partial charge in [0.25, 0.3) is 0 Å². The monoisotopic (exact) mass is 120 g/mol. The number of likely N-dealkylation sites (N-methyl/N-ethyl adjacent to an activating group) is 1. The summed E-state index contributed by atoms with van der Waals surface area (Å²) in [4.78, 5) is 9.04. The largest absolute Gasteiger partial charge is 0.303 e. The molecule has 0 aliphatic rings. The topological polar surface area (TPSA) is 47.7 Å². The molecular weight excluding hydrogens is 108 g/mol. The first-order valence-electron chi connectivity index (χ1n) is 2.38. The van der Waals surface area contributed by atoms with Crippen LogP contribution < -0.4 is 5.90 Å². The van der Waals surface area contributed by atoms with E-state index in [-0.39, 0.29) is 0 Å². The third kappa shape index (κ3) is 4.01. The van der Waals surface area contributed by atoms with Crippen LogP contribution in [-0.4, -0.2) is 32.4 Å². The molecule has 0 unspecified atom stereocenters. The van der Waals surface area contributed by atoms with E-state index in [1.54, 1.807) is 19.2 Å². The van der Waals surface area contributed by atoms with Crippen LogP contribution in [0.4, 0.5) is 0 Å². The molecule has 0 aliphatic carbocycles. The van der Waals surface area contributed by atoms with Crippen molar-refractivity contribution in [3.05, 3.63) is 0 Å². The fourth-order valence-electron chi connectivity index (χ4n) is 0.273. The van der Waals surface area contributed by atoms with Crippen molar-refractivity contribution < 1.29 is 9.68 Å². The van der Waals surface area contributed by atoms with Gasteiger partial charge in [0.1, 0.15) is 0 Å². The first kappa shape index (κ1) is 7.84. The zero-order valence-electron chi connectivity index (χ0n) is 5.26. The Morgan fingerprint density at radius 2 is 2.25 bits per heavy atom. The molecular formula is C4H12N2O2. The normalized spacial score (nSPS) is 10.5. The van der Waals surface area contributed by atoms with Gasteiger partial charge in [-0.25, -0.2) is 5.90 Å². The van der Waals surface area contributed by atoms with Crippen LogP contribution in [0.1, 0.15) is 0 Å². The molecule has 0 saturated carbocycles. The van der Waals surface area contributed by atoms with Crippen molar-refractivity contribution in [2.24, 2.45) is 5.90 Å². The highest BCUT2D eigenvalue weighted by molar-refractivity contribution is 4.30. The van der Waals surface area contributed by atoms with Crippen molar-refractivity contribution in [3.63, 3.8) is 0 Å². The van der Waals surface area contributed by atoms with Gasteiger partial charge in [-0.1, -0.05) is 0 Å². The third-order valence-corrected chi connectivity index (χ3v) is 0.836. The Balaban J connectivity index is 2.86. The predicted molar refractivity (Wildman–Crippen MR) is 29.8 cm³/mol. The van der Waals surface area contributed by atoms with E-state index < -0.39 is 0 Å². The van der Waals surface area contributed by atoms with E-state index in [0.29, 0.717) is 13.2 Å². The van der Waals surface area contributed by atoms with Gasteiger partial charge in [0, 0.05) is 13.6 Å². The molecule has 0 rings (SSSR count). The average Bonchev–Trinajstić information content (AvgIpc) is 1.83. The molecule has 50 valence electrons. The smallest absolute Gasteiger partial charge is 0.0829 e. The van der Waals surface area contributed by atoms with E-state index >= 15 is 0 Å². The Morgan fingerprint density at radius 1 is 1.62 bits per heavy atom. The molecule has 2 N–H and O–H groups in total. The molecule has 0 fully saturated rings. The van der Waals surface area contributed by atoms with E-state index in [1.807, 2.05) is 0 Å². The molecule has 0 bridgehead atoms. The van der Waals surface area contributed by atoms with Gasteiger partial charge in [0.2, 0.25) is 0 Å². The number of hydroxylamine groups is 2. The highest BCUT2D eigenvalue weighted by atomic mass is 16.7. The van der Waals surface area contributed by atoms with Crippen molar-refractivity contribution in [2.45, 2.75) is 0 Å². The minimum absolute atomic E-state index is 0.490. The molecule has 8 heavy (non-hydrogen) atoms. The van der Waals surface area contributed by atoms with Crippen LogP contribution in [-0.2, 0) is 9.68 Å². The third-order valence-electron chi connectivity index (χ3n) is 0.836. The molecule has 0 aromatic heterocycles. The molecule has 0 aromatic rings. The van der Waals surface area contributed by atoms with Gasteiger partial charge in [-0.05, 0) is 0 Å². The summed E-state index contributed by atoms with van der Waals surface area (Å²) in [5, 5.41) is 1.63. The summed E-state index contributed by atoms with van der Waals surface area (Å²) < 4.78 is 0. The van der Waals surface area contributed by atoms with E-state index in [1.165, 1.54) is 0 Å². The van der Waals surface area contributed by atoms with Crippen LogP contribution in [0.5, 0.6) is 0 Å². The molecule has 0 heterocycles. The SMILES string of the molecule is CON(C)CCON. The number of hydrogen-bond acceptors (Lipinski definition) is 4.